The molecular weight excluding hydrogens is 336 g/mol. The minimum atomic E-state index is -0.784. The normalized spacial score (nSPS) is 12.2. The Balaban J connectivity index is 2.44. The third kappa shape index (κ3) is 3.41. The lowest BCUT2D eigenvalue weighted by Crippen LogP contribution is -2.04. The van der Waals surface area contributed by atoms with Crippen LogP contribution < -0.4 is 9.47 Å². The Labute approximate surface area is 132 Å². The third-order valence-corrected chi connectivity index (χ3v) is 3.84. The van der Waals surface area contributed by atoms with Gasteiger partial charge in [0.25, 0.3) is 0 Å². The molecule has 2 aromatic rings. The van der Waals surface area contributed by atoms with Crippen LogP contribution in [0.1, 0.15) is 36.8 Å². The summed E-state index contributed by atoms with van der Waals surface area (Å²) in [6, 6.07) is 5.39. The highest BCUT2D eigenvalue weighted by Gasteiger charge is 2.20. The Morgan fingerprint density at radius 2 is 1.76 bits per heavy atom. The summed E-state index contributed by atoms with van der Waals surface area (Å²) in [6.45, 7) is 6.73. The molecule has 1 N–H and O–H groups in total. The van der Waals surface area contributed by atoms with E-state index in [1.165, 1.54) is 0 Å². The number of aliphatic hydroxyl groups excluding tert-OH is 1. The standard InChI is InChI=1S/C16H19BrO4/c1-4-19-14-8-12(13(17)9-15(14)20-5-2)16(18)11-6-7-21-10(11)3/h6-9,16,18H,4-5H2,1-3H3. The second-order valence-electron chi connectivity index (χ2n) is 4.52. The third-order valence-electron chi connectivity index (χ3n) is 3.15. The maximum Gasteiger partial charge on any atom is 0.162 e. The van der Waals surface area contributed by atoms with Gasteiger partial charge in [-0.25, -0.2) is 0 Å². The van der Waals surface area contributed by atoms with Gasteiger partial charge < -0.3 is 19.0 Å². The van der Waals surface area contributed by atoms with Gasteiger partial charge in [0, 0.05) is 15.6 Å². The number of aryl methyl sites for hydroxylation is 1. The van der Waals surface area contributed by atoms with Crippen LogP contribution in [0.25, 0.3) is 0 Å². The number of halogens is 1. The number of benzene rings is 1. The maximum atomic E-state index is 10.6. The Bertz CT molecular complexity index is 606. The monoisotopic (exact) mass is 354 g/mol. The van der Waals surface area contributed by atoms with Crippen molar-refractivity contribution in [2.24, 2.45) is 0 Å². The number of rotatable bonds is 6. The summed E-state index contributed by atoms with van der Waals surface area (Å²) in [7, 11) is 0. The van der Waals surface area contributed by atoms with Crippen molar-refractivity contribution in [3.8, 4) is 11.5 Å². The van der Waals surface area contributed by atoms with Gasteiger partial charge in [-0.2, -0.15) is 0 Å². The largest absolute Gasteiger partial charge is 0.490 e. The number of hydrogen-bond donors (Lipinski definition) is 1. The second kappa shape index (κ2) is 7.00. The zero-order valence-corrected chi connectivity index (χ0v) is 13.9. The van der Waals surface area contributed by atoms with E-state index >= 15 is 0 Å². The van der Waals surface area contributed by atoms with E-state index < -0.39 is 6.10 Å². The molecule has 0 aliphatic rings. The van der Waals surface area contributed by atoms with Crippen LogP contribution >= 0.6 is 15.9 Å². The summed E-state index contributed by atoms with van der Waals surface area (Å²) in [6.07, 6.45) is 0.785. The molecule has 114 valence electrons. The average molecular weight is 355 g/mol. The fourth-order valence-electron chi connectivity index (χ4n) is 2.14. The number of aliphatic hydroxyl groups is 1. The van der Waals surface area contributed by atoms with Gasteiger partial charge in [-0.15, -0.1) is 0 Å². The molecule has 1 unspecified atom stereocenters. The molecule has 0 aliphatic carbocycles. The van der Waals surface area contributed by atoms with E-state index in [4.69, 9.17) is 13.9 Å². The summed E-state index contributed by atoms with van der Waals surface area (Å²) < 4.78 is 17.2. The van der Waals surface area contributed by atoms with Crippen LogP contribution in [0.5, 0.6) is 11.5 Å². The van der Waals surface area contributed by atoms with Gasteiger partial charge in [0.1, 0.15) is 11.9 Å². The summed E-state index contributed by atoms with van der Waals surface area (Å²) in [5.41, 5.74) is 1.45. The van der Waals surface area contributed by atoms with Gasteiger partial charge in [0.15, 0.2) is 11.5 Å². The van der Waals surface area contributed by atoms with Gasteiger partial charge in [-0.3, -0.25) is 0 Å². The highest BCUT2D eigenvalue weighted by molar-refractivity contribution is 9.10. The van der Waals surface area contributed by atoms with Crippen molar-refractivity contribution in [1.29, 1.82) is 0 Å². The van der Waals surface area contributed by atoms with Gasteiger partial charge in [-0.05, 0) is 39.0 Å². The molecule has 0 aliphatic heterocycles. The van der Waals surface area contributed by atoms with E-state index in [1.54, 1.807) is 18.4 Å². The van der Waals surface area contributed by atoms with Crippen molar-refractivity contribution < 1.29 is 19.0 Å². The zero-order chi connectivity index (χ0) is 15.4. The summed E-state index contributed by atoms with van der Waals surface area (Å²) in [4.78, 5) is 0. The molecule has 0 amide bonds. The summed E-state index contributed by atoms with van der Waals surface area (Å²) in [5.74, 6) is 1.98. The van der Waals surface area contributed by atoms with Crippen molar-refractivity contribution in [3.63, 3.8) is 0 Å². The van der Waals surface area contributed by atoms with Crippen LogP contribution in [0.2, 0.25) is 0 Å². The highest BCUT2D eigenvalue weighted by Crippen LogP contribution is 2.39. The SMILES string of the molecule is CCOc1cc(Br)c(C(O)c2ccoc2C)cc1OCC. The first-order valence-electron chi connectivity index (χ1n) is 6.89. The van der Waals surface area contributed by atoms with Crippen molar-refractivity contribution in [1.82, 2.24) is 0 Å². The minimum absolute atomic E-state index is 0.530. The van der Waals surface area contributed by atoms with Gasteiger partial charge in [-0.1, -0.05) is 15.9 Å². The van der Waals surface area contributed by atoms with E-state index in [0.29, 0.717) is 36.0 Å². The fraction of sp³-hybridized carbons (Fsp3) is 0.375. The molecule has 1 atom stereocenters. The lowest BCUT2D eigenvalue weighted by molar-refractivity contribution is 0.215. The molecule has 0 saturated carbocycles. The highest BCUT2D eigenvalue weighted by atomic mass is 79.9. The van der Waals surface area contributed by atoms with Crippen LogP contribution in [0.4, 0.5) is 0 Å². The smallest absolute Gasteiger partial charge is 0.162 e. The van der Waals surface area contributed by atoms with Gasteiger partial charge in [0.2, 0.25) is 0 Å². The Morgan fingerprint density at radius 1 is 1.14 bits per heavy atom. The summed E-state index contributed by atoms with van der Waals surface area (Å²) in [5, 5.41) is 10.6. The topological polar surface area (TPSA) is 51.8 Å². The Hall–Kier alpha value is -1.46. The number of furan rings is 1. The Morgan fingerprint density at radius 3 is 2.29 bits per heavy atom. The molecule has 1 aromatic carbocycles. The number of ether oxygens (including phenoxy) is 2. The first-order valence-corrected chi connectivity index (χ1v) is 7.68. The molecular formula is C16H19BrO4. The van der Waals surface area contributed by atoms with E-state index in [0.717, 1.165) is 10.0 Å². The molecule has 0 saturated heterocycles. The van der Waals surface area contributed by atoms with E-state index in [2.05, 4.69) is 15.9 Å². The molecule has 0 spiro atoms. The quantitative estimate of drug-likeness (QED) is 0.843. The predicted octanol–water partition coefficient (Wildman–Crippen LogP) is 4.23. The van der Waals surface area contributed by atoms with E-state index in [9.17, 15) is 5.11 Å². The van der Waals surface area contributed by atoms with Gasteiger partial charge >= 0.3 is 0 Å². The molecule has 0 fully saturated rings. The molecule has 1 heterocycles. The zero-order valence-electron chi connectivity index (χ0n) is 12.4. The van der Waals surface area contributed by atoms with Gasteiger partial charge in [0.05, 0.1) is 19.5 Å². The van der Waals surface area contributed by atoms with Crippen molar-refractivity contribution in [2.75, 3.05) is 13.2 Å². The van der Waals surface area contributed by atoms with Crippen molar-refractivity contribution in [2.45, 2.75) is 26.9 Å². The number of hydrogen-bond acceptors (Lipinski definition) is 4. The molecule has 21 heavy (non-hydrogen) atoms. The molecule has 5 heteroatoms. The maximum absolute atomic E-state index is 10.6. The van der Waals surface area contributed by atoms with Crippen LogP contribution in [-0.4, -0.2) is 18.3 Å². The van der Waals surface area contributed by atoms with E-state index in [1.807, 2.05) is 26.8 Å². The lowest BCUT2D eigenvalue weighted by Gasteiger charge is -2.17. The first-order chi connectivity index (χ1) is 10.1. The molecule has 0 bridgehead atoms. The van der Waals surface area contributed by atoms with Crippen LogP contribution in [0.3, 0.4) is 0 Å². The molecule has 2 rings (SSSR count). The average Bonchev–Trinajstić information content (AvgIpc) is 2.87. The minimum Gasteiger partial charge on any atom is -0.490 e. The first kappa shape index (κ1) is 15.9. The lowest BCUT2D eigenvalue weighted by atomic mass is 10.0. The van der Waals surface area contributed by atoms with Crippen molar-refractivity contribution >= 4 is 15.9 Å². The molecule has 1 aromatic heterocycles. The second-order valence-corrected chi connectivity index (χ2v) is 5.38. The molecule has 4 nitrogen and oxygen atoms in total. The summed E-state index contributed by atoms with van der Waals surface area (Å²) >= 11 is 3.49. The van der Waals surface area contributed by atoms with Crippen LogP contribution in [-0.2, 0) is 0 Å². The van der Waals surface area contributed by atoms with E-state index in [-0.39, 0.29) is 0 Å². The predicted molar refractivity (Wildman–Crippen MR) is 84.0 cm³/mol. The molecule has 0 radical (unpaired) electrons. The van der Waals surface area contributed by atoms with Crippen LogP contribution in [0.15, 0.2) is 33.4 Å². The fourth-order valence-corrected chi connectivity index (χ4v) is 2.68. The Kier molecular flexibility index (Phi) is 5.31. The van der Waals surface area contributed by atoms with Crippen molar-refractivity contribution in [3.05, 3.63) is 45.8 Å². The van der Waals surface area contributed by atoms with Crippen LogP contribution in [0, 0.1) is 6.92 Å².